The fourth-order valence-corrected chi connectivity index (χ4v) is 3.62. The number of likely N-dealkylation sites (tertiary alicyclic amines) is 1. The lowest BCUT2D eigenvalue weighted by Crippen LogP contribution is -2.49. The number of oxazole rings is 1. The van der Waals surface area contributed by atoms with E-state index in [4.69, 9.17) is 4.42 Å². The molecular weight excluding hydrogens is 354 g/mol. The molecule has 0 bridgehead atoms. The van der Waals surface area contributed by atoms with Crippen LogP contribution in [0.2, 0.25) is 0 Å². The third-order valence-corrected chi connectivity index (χ3v) is 5.12. The van der Waals surface area contributed by atoms with Gasteiger partial charge in [-0.25, -0.2) is 4.98 Å². The first-order valence-corrected chi connectivity index (χ1v) is 9.72. The van der Waals surface area contributed by atoms with Crippen molar-refractivity contribution in [3.8, 4) is 11.5 Å². The zero-order valence-electron chi connectivity index (χ0n) is 15.9. The van der Waals surface area contributed by atoms with Crippen molar-refractivity contribution in [1.29, 1.82) is 0 Å². The van der Waals surface area contributed by atoms with Gasteiger partial charge in [0, 0.05) is 24.2 Å². The summed E-state index contributed by atoms with van der Waals surface area (Å²) in [6, 6.07) is 14.6. The van der Waals surface area contributed by atoms with Crippen molar-refractivity contribution in [3.05, 3.63) is 48.5 Å². The number of anilines is 1. The van der Waals surface area contributed by atoms with Crippen LogP contribution in [0.4, 0.5) is 5.69 Å². The number of nitrogens with one attached hydrogen (secondary N) is 1. The molecule has 2 amide bonds. The Morgan fingerprint density at radius 3 is 2.68 bits per heavy atom. The summed E-state index contributed by atoms with van der Waals surface area (Å²) < 4.78 is 5.78. The van der Waals surface area contributed by atoms with E-state index in [1.54, 1.807) is 4.90 Å². The molecule has 0 unspecified atom stereocenters. The van der Waals surface area contributed by atoms with Gasteiger partial charge in [0.15, 0.2) is 5.58 Å². The second kappa shape index (κ2) is 7.84. The minimum atomic E-state index is -0.391. The maximum Gasteiger partial charge on any atom is 0.247 e. The maximum atomic E-state index is 12.7. The predicted octanol–water partition coefficient (Wildman–Crippen LogP) is 4.22. The van der Waals surface area contributed by atoms with Gasteiger partial charge in [0.05, 0.1) is 0 Å². The summed E-state index contributed by atoms with van der Waals surface area (Å²) in [6.45, 7) is 2.48. The first-order valence-electron chi connectivity index (χ1n) is 9.72. The summed E-state index contributed by atoms with van der Waals surface area (Å²) in [7, 11) is 0. The molecule has 2 aromatic carbocycles. The molecule has 0 spiro atoms. The van der Waals surface area contributed by atoms with Crippen LogP contribution < -0.4 is 5.32 Å². The summed E-state index contributed by atoms with van der Waals surface area (Å²) in [5.74, 6) is 0.452. The molecule has 6 heteroatoms. The summed E-state index contributed by atoms with van der Waals surface area (Å²) >= 11 is 0. The van der Waals surface area contributed by atoms with Crippen LogP contribution in [0, 0.1) is 0 Å². The number of carbonyl (C=O) groups is 2. The van der Waals surface area contributed by atoms with Crippen LogP contribution in [0.15, 0.2) is 52.9 Å². The first kappa shape index (κ1) is 18.2. The monoisotopic (exact) mass is 377 g/mol. The van der Waals surface area contributed by atoms with E-state index in [0.717, 1.165) is 29.5 Å². The number of nitrogens with zero attached hydrogens (tertiary/aromatic N) is 2. The zero-order valence-corrected chi connectivity index (χ0v) is 15.9. The van der Waals surface area contributed by atoms with Crippen molar-refractivity contribution >= 4 is 28.6 Å². The van der Waals surface area contributed by atoms with Gasteiger partial charge in [-0.15, -0.1) is 0 Å². The molecular formula is C22H23N3O3. The Hall–Kier alpha value is -3.15. The van der Waals surface area contributed by atoms with Crippen LogP contribution in [-0.2, 0) is 9.59 Å². The molecule has 1 aliphatic rings. The van der Waals surface area contributed by atoms with Gasteiger partial charge < -0.3 is 14.6 Å². The van der Waals surface area contributed by atoms with Crippen LogP contribution >= 0.6 is 0 Å². The van der Waals surface area contributed by atoms with E-state index < -0.39 is 6.04 Å². The lowest BCUT2D eigenvalue weighted by molar-refractivity contribution is -0.140. The van der Waals surface area contributed by atoms with E-state index >= 15 is 0 Å². The quantitative estimate of drug-likeness (QED) is 0.738. The third-order valence-electron chi connectivity index (χ3n) is 5.12. The van der Waals surface area contributed by atoms with Gasteiger partial charge in [-0.2, -0.15) is 0 Å². The average Bonchev–Trinajstić information content (AvgIpc) is 3.18. The molecule has 0 radical (unpaired) electrons. The van der Waals surface area contributed by atoms with Crippen LogP contribution in [0.5, 0.6) is 0 Å². The number of piperidine rings is 1. The minimum absolute atomic E-state index is 0.0335. The number of amides is 2. The first-order chi connectivity index (χ1) is 13.7. The number of carbonyl (C=O) groups excluding carboxylic acids is 2. The average molecular weight is 377 g/mol. The Kier molecular flexibility index (Phi) is 5.10. The van der Waals surface area contributed by atoms with E-state index in [1.807, 2.05) is 55.5 Å². The highest BCUT2D eigenvalue weighted by molar-refractivity contribution is 5.97. The van der Waals surface area contributed by atoms with Crippen LogP contribution in [-0.4, -0.2) is 34.3 Å². The summed E-state index contributed by atoms with van der Waals surface area (Å²) in [5.41, 5.74) is 3.09. The number of hydrogen-bond donors (Lipinski definition) is 1. The van der Waals surface area contributed by atoms with Gasteiger partial charge in [0.25, 0.3) is 0 Å². The van der Waals surface area contributed by atoms with E-state index in [0.29, 0.717) is 31.0 Å². The number of fused-ring (bicyclic) bond motifs is 1. The van der Waals surface area contributed by atoms with Crippen LogP contribution in [0.1, 0.15) is 32.6 Å². The molecule has 2 heterocycles. The number of aromatic nitrogens is 1. The molecule has 1 aromatic heterocycles. The molecule has 1 fully saturated rings. The highest BCUT2D eigenvalue weighted by atomic mass is 16.3. The lowest BCUT2D eigenvalue weighted by atomic mass is 10.0. The molecule has 28 heavy (non-hydrogen) atoms. The van der Waals surface area contributed by atoms with Gasteiger partial charge >= 0.3 is 0 Å². The number of para-hydroxylation sites is 2. The molecule has 0 aliphatic carbocycles. The molecule has 1 atom stereocenters. The molecule has 6 nitrogen and oxygen atoms in total. The Balaban J connectivity index is 1.48. The maximum absolute atomic E-state index is 12.7. The Labute approximate surface area is 163 Å². The predicted molar refractivity (Wildman–Crippen MR) is 108 cm³/mol. The minimum Gasteiger partial charge on any atom is -0.436 e. The Bertz CT molecular complexity index is 961. The molecule has 1 N–H and O–H groups in total. The number of rotatable bonds is 4. The zero-order chi connectivity index (χ0) is 19.5. The Morgan fingerprint density at radius 2 is 1.93 bits per heavy atom. The molecule has 0 saturated carbocycles. The fraction of sp³-hybridized carbons (Fsp3) is 0.318. The van der Waals surface area contributed by atoms with Crippen molar-refractivity contribution in [2.24, 2.45) is 0 Å². The second-order valence-electron chi connectivity index (χ2n) is 7.01. The van der Waals surface area contributed by atoms with Gasteiger partial charge in [0.2, 0.25) is 17.7 Å². The van der Waals surface area contributed by atoms with E-state index in [9.17, 15) is 9.59 Å². The summed E-state index contributed by atoms with van der Waals surface area (Å²) in [4.78, 5) is 31.1. The molecule has 1 aliphatic heterocycles. The highest BCUT2D eigenvalue weighted by Crippen LogP contribution is 2.26. The van der Waals surface area contributed by atoms with E-state index in [-0.39, 0.29) is 11.8 Å². The fourth-order valence-electron chi connectivity index (χ4n) is 3.62. The Morgan fingerprint density at radius 1 is 1.14 bits per heavy atom. The second-order valence-corrected chi connectivity index (χ2v) is 7.01. The van der Waals surface area contributed by atoms with Gasteiger partial charge in [0.1, 0.15) is 11.6 Å². The molecule has 3 aromatic rings. The van der Waals surface area contributed by atoms with Crippen molar-refractivity contribution in [1.82, 2.24) is 9.88 Å². The normalized spacial score (nSPS) is 16.9. The topological polar surface area (TPSA) is 75.4 Å². The van der Waals surface area contributed by atoms with Gasteiger partial charge in [-0.05, 0) is 55.7 Å². The van der Waals surface area contributed by atoms with Crippen LogP contribution in [0.3, 0.4) is 0 Å². The van der Waals surface area contributed by atoms with Crippen molar-refractivity contribution in [2.45, 2.75) is 38.6 Å². The molecule has 1 saturated heterocycles. The molecule has 4 rings (SSSR count). The van der Waals surface area contributed by atoms with Gasteiger partial charge in [-0.1, -0.05) is 19.1 Å². The smallest absolute Gasteiger partial charge is 0.247 e. The molecule has 144 valence electrons. The lowest BCUT2D eigenvalue weighted by Gasteiger charge is -2.34. The number of benzene rings is 2. The third kappa shape index (κ3) is 3.63. The van der Waals surface area contributed by atoms with E-state index in [2.05, 4.69) is 10.3 Å². The van der Waals surface area contributed by atoms with Gasteiger partial charge in [-0.3, -0.25) is 9.59 Å². The SMILES string of the molecule is CCC(=O)N1CCCC[C@@H]1C(=O)Nc1ccc(-c2nc3ccccc3o2)cc1. The van der Waals surface area contributed by atoms with Crippen molar-refractivity contribution in [2.75, 3.05) is 11.9 Å². The van der Waals surface area contributed by atoms with Crippen LogP contribution in [0.25, 0.3) is 22.6 Å². The van der Waals surface area contributed by atoms with Crippen molar-refractivity contribution in [3.63, 3.8) is 0 Å². The highest BCUT2D eigenvalue weighted by Gasteiger charge is 2.31. The van der Waals surface area contributed by atoms with Crippen molar-refractivity contribution < 1.29 is 14.0 Å². The largest absolute Gasteiger partial charge is 0.436 e. The summed E-state index contributed by atoms with van der Waals surface area (Å²) in [5, 5.41) is 2.94. The summed E-state index contributed by atoms with van der Waals surface area (Å²) in [6.07, 6.45) is 3.04. The standard InChI is InChI=1S/C22H23N3O3/c1-2-20(26)25-14-6-5-8-18(25)21(27)23-16-12-10-15(11-13-16)22-24-17-7-3-4-9-19(17)28-22/h3-4,7,9-13,18H,2,5-6,8,14H2,1H3,(H,23,27)/t18-/m1/s1. The number of hydrogen-bond acceptors (Lipinski definition) is 4. The van der Waals surface area contributed by atoms with E-state index in [1.165, 1.54) is 0 Å².